The molecule has 11 nitrogen and oxygen atoms in total. The number of aromatic nitrogens is 10. The van der Waals surface area contributed by atoms with E-state index in [9.17, 15) is 0 Å². The molecule has 2 aliphatic carbocycles. The van der Waals surface area contributed by atoms with Crippen LogP contribution in [0.5, 0.6) is 5.88 Å². The van der Waals surface area contributed by atoms with Crippen LogP contribution in [0, 0.1) is 69.2 Å². The number of fused-ring (bicyclic) bond motifs is 21. The van der Waals surface area contributed by atoms with Gasteiger partial charge in [-0.25, -0.2) is 24.9 Å². The van der Waals surface area contributed by atoms with Gasteiger partial charge in [0, 0.05) is 93.7 Å². The van der Waals surface area contributed by atoms with E-state index in [1.54, 1.807) is 11.1 Å². The molecule has 5 aliphatic heterocycles. The zero-order valence-corrected chi connectivity index (χ0v) is 75.6. The third-order valence-corrected chi connectivity index (χ3v) is 34.8. The molecule has 127 heavy (non-hydrogen) atoms. The second kappa shape index (κ2) is 28.4. The molecule has 7 aliphatic rings. The molecule has 12 heteroatoms. The summed E-state index contributed by atoms with van der Waals surface area (Å²) >= 11 is 0. The Bertz CT molecular complexity index is 8510. The lowest BCUT2D eigenvalue weighted by molar-refractivity contribution is 0.373. The molecule has 0 saturated heterocycles. The van der Waals surface area contributed by atoms with Gasteiger partial charge in [-0.3, -0.25) is 22.0 Å². The van der Waals surface area contributed by atoms with Crippen molar-refractivity contribution in [3.63, 3.8) is 0 Å². The zero-order valence-electron chi connectivity index (χ0n) is 74.6. The Morgan fingerprint density at radius 2 is 0.661 bits per heavy atom. The highest BCUT2D eigenvalue weighted by molar-refractivity contribution is 7.08. The number of hydrogen-bond acceptors (Lipinski definition) is 6. The first-order chi connectivity index (χ1) is 62.0. The molecule has 29 rings (SSSR count). The Morgan fingerprint density at radius 1 is 0.307 bits per heavy atom. The maximum absolute atomic E-state index is 7.25. The molecule has 622 valence electrons. The van der Waals surface area contributed by atoms with Crippen molar-refractivity contribution in [3.05, 3.63) is 343 Å². The van der Waals surface area contributed by atoms with Crippen molar-refractivity contribution >= 4 is 160 Å². The molecule has 22 aromatic rings. The number of hydrogen-bond donors (Lipinski definition) is 0. The van der Waals surface area contributed by atoms with Crippen molar-refractivity contribution in [3.8, 4) is 5.88 Å². The quantitative estimate of drug-likeness (QED) is 0.129. The lowest BCUT2D eigenvalue weighted by Gasteiger charge is -2.37. The van der Waals surface area contributed by atoms with Crippen LogP contribution in [0.25, 0.3) is 137 Å². The number of benzene rings is 12. The van der Waals surface area contributed by atoms with Gasteiger partial charge >= 0.3 is 8.32 Å². The first-order valence-corrected chi connectivity index (χ1v) is 48.4. The van der Waals surface area contributed by atoms with Gasteiger partial charge in [0.05, 0.1) is 56.1 Å². The van der Waals surface area contributed by atoms with Gasteiger partial charge in [-0.15, -0.1) is 0 Å². The Kier molecular flexibility index (Phi) is 17.0. The SMILES string of the molecule is Cc1nc2c3ccccc3c3c(C)c(C(C)C)cc4c3n2c1CC4.Cc1nc2c3ccccc3c3c(C)ccc4c3n2c1C1CCCC41.Cc1nc2c3ccccc3c3c(C)ccc4c3n2c1C1CCCCC41.Cc1nc2c3ccccc3c3c(C)ccc4c3n2c1CC4.Cc1nc2c3ccccc3c3c(C)ccc4c3n2c1O[Si]4(c1ccccc1)c1ccccc1. The number of imidazole rings is 5. The number of nitrogens with zero attached hydrogens (tertiary/aromatic N) is 10. The second-order valence-electron chi connectivity index (χ2n) is 38.1. The van der Waals surface area contributed by atoms with Crippen molar-refractivity contribution in [2.75, 3.05) is 0 Å². The standard InChI is InChI=1S/C29H22N2OSi.C23H22N2.C22H20N2.C22H22N2.C19H16N2/c1-19-17-18-25-27-26(19)23-15-9-10-16-24(23)28-30-20(2)29(31(27)28)32-33(25,21-11-5-3-6-12-21)22-13-7-4-8-14-22;1-13-11-12-18-15-7-3-5-9-17(15)21-14(2)24-23-19-10-6-4-8-16(19)20(13)22(18)25(21)23;1-12-10-11-17-14-8-5-9-16(14)20-13(2)23-22-18-7-4-3-6-15(18)19(12)21(17)24(20)22;1-12(2)18-11-15-9-10-19-14(4)23-22-17-8-6-5-7-16(17)20(13(18)3)21(15)24(19)22;1-11-7-8-13-9-10-16-12(2)20-19-15-6-4-3-5-14(15)17(11)18(13)21(16)19/h3-18H,1-2H3;4,6,8,10-12,15,17H,3,5,7,9H2,1-2H3;3-4,6-7,10-11,14,16H,5,8-9H2,1-2H3;5-8,11-12H,9-10H2,1-4H3;3-8H,9-10H2,1-2H3. The molecule has 2 fully saturated rings. The van der Waals surface area contributed by atoms with Crippen molar-refractivity contribution in [1.82, 2.24) is 46.9 Å². The minimum Gasteiger partial charge on any atom is -0.517 e. The summed E-state index contributed by atoms with van der Waals surface area (Å²) in [6, 6.07) is 86.3. The third kappa shape index (κ3) is 10.7. The first-order valence-electron chi connectivity index (χ1n) is 46.5. The Hall–Kier alpha value is -13.3. The maximum Gasteiger partial charge on any atom is 0.350 e. The molecule has 10 aromatic heterocycles. The highest BCUT2D eigenvalue weighted by Crippen LogP contribution is 2.56. The van der Waals surface area contributed by atoms with Crippen LogP contribution in [-0.2, 0) is 25.7 Å². The molecular formula is C115H102N10OSi. The molecule has 0 bridgehead atoms. The van der Waals surface area contributed by atoms with E-state index in [0.717, 1.165) is 70.9 Å². The van der Waals surface area contributed by atoms with E-state index in [1.165, 1.54) is 254 Å². The van der Waals surface area contributed by atoms with Gasteiger partial charge in [0.25, 0.3) is 0 Å². The molecule has 4 unspecified atom stereocenters. The van der Waals surface area contributed by atoms with E-state index in [4.69, 9.17) is 29.3 Å². The van der Waals surface area contributed by atoms with E-state index in [0.29, 0.717) is 29.6 Å². The topological polar surface area (TPSA) is 95.7 Å². The summed E-state index contributed by atoms with van der Waals surface area (Å²) < 4.78 is 19.4. The van der Waals surface area contributed by atoms with Gasteiger partial charge < -0.3 is 4.43 Å². The van der Waals surface area contributed by atoms with E-state index in [1.807, 2.05) is 0 Å². The molecule has 15 heterocycles. The summed E-state index contributed by atoms with van der Waals surface area (Å²) in [4.78, 5) is 25.0. The van der Waals surface area contributed by atoms with Crippen LogP contribution in [0.3, 0.4) is 0 Å². The van der Waals surface area contributed by atoms with Crippen LogP contribution in [0.4, 0.5) is 0 Å². The average molecular weight is 1670 g/mol. The lowest BCUT2D eigenvalue weighted by atomic mass is 9.71. The van der Waals surface area contributed by atoms with E-state index in [-0.39, 0.29) is 0 Å². The minimum absolute atomic E-state index is 0.547. The fourth-order valence-corrected chi connectivity index (χ4v) is 29.5. The normalized spacial score (nSPS) is 17.1. The molecule has 4 atom stereocenters. The summed E-state index contributed by atoms with van der Waals surface area (Å²) in [5.41, 5.74) is 38.3. The van der Waals surface area contributed by atoms with Gasteiger partial charge in [-0.1, -0.05) is 270 Å². The summed E-state index contributed by atoms with van der Waals surface area (Å²) in [5, 5.41) is 23.7. The lowest BCUT2D eigenvalue weighted by Crippen LogP contribution is -2.73. The predicted molar refractivity (Wildman–Crippen MR) is 529 cm³/mol. The zero-order chi connectivity index (χ0) is 85.6. The van der Waals surface area contributed by atoms with Crippen LogP contribution in [0.15, 0.2) is 237 Å². The van der Waals surface area contributed by atoms with Gasteiger partial charge in [0.1, 0.15) is 28.2 Å². The molecule has 0 N–H and O–H groups in total. The van der Waals surface area contributed by atoms with Crippen molar-refractivity contribution in [1.29, 1.82) is 0 Å². The average Bonchev–Trinajstić information content (AvgIpc) is 1.65. The summed E-state index contributed by atoms with van der Waals surface area (Å²) in [5.74, 6) is 4.07. The monoisotopic (exact) mass is 1670 g/mol. The number of pyridine rings is 5. The van der Waals surface area contributed by atoms with Crippen LogP contribution in [0.2, 0.25) is 0 Å². The Balaban J connectivity index is 0.0000000870. The largest absolute Gasteiger partial charge is 0.517 e. The molecule has 2 saturated carbocycles. The van der Waals surface area contributed by atoms with E-state index >= 15 is 0 Å². The number of rotatable bonds is 3. The Labute approximate surface area is 739 Å². The fourth-order valence-electron chi connectivity index (χ4n) is 25.4. The van der Waals surface area contributed by atoms with Gasteiger partial charge in [-0.2, -0.15) is 0 Å². The predicted octanol–water partition coefficient (Wildman–Crippen LogP) is 26.1. The molecular weight excluding hydrogens is 1570 g/mol. The van der Waals surface area contributed by atoms with Crippen LogP contribution >= 0.6 is 0 Å². The molecule has 0 spiro atoms. The summed E-state index contributed by atoms with van der Waals surface area (Å²) in [7, 11) is -2.83. The number of aryl methyl sites for hydroxylation is 14. The summed E-state index contributed by atoms with van der Waals surface area (Å²) in [6.07, 6.45) is 13.7. The van der Waals surface area contributed by atoms with Crippen molar-refractivity contribution in [2.24, 2.45) is 0 Å². The fraction of sp³-hybridized carbons (Fsp3) is 0.243. The molecule has 12 aromatic carbocycles. The van der Waals surface area contributed by atoms with Gasteiger partial charge in [-0.05, 0) is 231 Å². The van der Waals surface area contributed by atoms with Crippen molar-refractivity contribution in [2.45, 2.75) is 183 Å². The van der Waals surface area contributed by atoms with Crippen LogP contribution < -0.4 is 20.0 Å². The highest BCUT2D eigenvalue weighted by Gasteiger charge is 2.50. The smallest absolute Gasteiger partial charge is 0.350 e. The highest BCUT2D eigenvalue weighted by atomic mass is 28.4. The minimum atomic E-state index is -2.83. The third-order valence-electron chi connectivity index (χ3n) is 30.9. The first kappa shape index (κ1) is 76.2. The maximum atomic E-state index is 7.25. The molecule has 0 amide bonds. The van der Waals surface area contributed by atoms with Gasteiger partial charge in [0.2, 0.25) is 5.88 Å². The Morgan fingerprint density at radius 3 is 1.13 bits per heavy atom. The summed E-state index contributed by atoms with van der Waals surface area (Å²) in [6.45, 7) is 26.6. The van der Waals surface area contributed by atoms with E-state index in [2.05, 4.69) is 342 Å². The van der Waals surface area contributed by atoms with Crippen LogP contribution in [-0.4, -0.2) is 55.2 Å². The van der Waals surface area contributed by atoms with E-state index < -0.39 is 8.32 Å². The van der Waals surface area contributed by atoms with Gasteiger partial charge in [0.15, 0.2) is 0 Å². The molecule has 0 radical (unpaired) electrons. The van der Waals surface area contributed by atoms with Crippen LogP contribution in [0.1, 0.15) is 195 Å². The second-order valence-corrected chi connectivity index (χ2v) is 41.3. The van der Waals surface area contributed by atoms with Crippen molar-refractivity contribution < 1.29 is 4.43 Å².